The van der Waals surface area contributed by atoms with Gasteiger partial charge in [0.05, 0.1) is 19.9 Å². The van der Waals surface area contributed by atoms with Gasteiger partial charge in [0.1, 0.15) is 5.75 Å². The highest BCUT2D eigenvalue weighted by atomic mass is 16.5. The fourth-order valence-corrected chi connectivity index (χ4v) is 2.56. The molecule has 0 atom stereocenters. The number of pyridine rings is 1. The van der Waals surface area contributed by atoms with Crippen molar-refractivity contribution < 1.29 is 13.9 Å². The molecule has 0 aliphatic rings. The first-order valence-corrected chi connectivity index (χ1v) is 7.65. The lowest BCUT2D eigenvalue weighted by atomic mass is 10.1. The summed E-state index contributed by atoms with van der Waals surface area (Å²) in [6, 6.07) is 10.5. The number of nitrogens with one attached hydrogen (secondary N) is 1. The van der Waals surface area contributed by atoms with E-state index >= 15 is 0 Å². The monoisotopic (exact) mass is 326 g/mol. The Kier molecular flexibility index (Phi) is 4.37. The molecule has 2 aromatic heterocycles. The van der Waals surface area contributed by atoms with Crippen LogP contribution in [0.5, 0.6) is 5.75 Å². The molecule has 2 heterocycles. The number of carbonyl (C=O) groups excluding carboxylic acids is 1. The molecule has 1 amide bonds. The summed E-state index contributed by atoms with van der Waals surface area (Å²) in [6.45, 7) is 2.53. The van der Waals surface area contributed by atoms with E-state index in [1.54, 1.807) is 42.3 Å². The van der Waals surface area contributed by atoms with E-state index in [-0.39, 0.29) is 23.8 Å². The second-order valence-electron chi connectivity index (χ2n) is 5.37. The molecule has 24 heavy (non-hydrogen) atoms. The molecule has 0 saturated carbocycles. The Morgan fingerprint density at radius 3 is 2.79 bits per heavy atom. The second-order valence-corrected chi connectivity index (χ2v) is 5.37. The Morgan fingerprint density at radius 1 is 1.29 bits per heavy atom. The van der Waals surface area contributed by atoms with Gasteiger partial charge in [-0.1, -0.05) is 0 Å². The van der Waals surface area contributed by atoms with Crippen molar-refractivity contribution in [1.29, 1.82) is 0 Å². The van der Waals surface area contributed by atoms with Gasteiger partial charge in [0.2, 0.25) is 0 Å². The molecule has 0 bridgehead atoms. The molecule has 0 aliphatic carbocycles. The average Bonchev–Trinajstić information content (AvgIpc) is 3.13. The highest BCUT2D eigenvalue weighted by molar-refractivity contribution is 5.91. The lowest BCUT2D eigenvalue weighted by Gasteiger charge is -2.19. The van der Waals surface area contributed by atoms with Gasteiger partial charge in [-0.05, 0) is 43.3 Å². The molecule has 1 aromatic carbocycles. The van der Waals surface area contributed by atoms with E-state index in [0.29, 0.717) is 17.9 Å². The van der Waals surface area contributed by atoms with Crippen LogP contribution in [-0.4, -0.2) is 29.4 Å². The van der Waals surface area contributed by atoms with Crippen molar-refractivity contribution in [2.75, 3.05) is 13.7 Å². The van der Waals surface area contributed by atoms with Crippen LogP contribution in [0.25, 0.3) is 10.9 Å². The molecular formula is C18H18N2O4. The largest absolute Gasteiger partial charge is 0.497 e. The Bertz CT molecular complexity index is 912. The minimum Gasteiger partial charge on any atom is -0.497 e. The first kappa shape index (κ1) is 15.9. The standard InChI is InChI=1S/C18H18N2O4/c1-3-20(18(22)16-5-4-8-24-16)11-13-9-12-10-14(23-2)6-7-15(12)19-17(13)21/h4-10H,3,11H2,1-2H3,(H,19,21). The number of rotatable bonds is 5. The van der Waals surface area contributed by atoms with Gasteiger partial charge in [0.15, 0.2) is 5.76 Å². The maximum Gasteiger partial charge on any atom is 0.289 e. The summed E-state index contributed by atoms with van der Waals surface area (Å²) < 4.78 is 10.4. The summed E-state index contributed by atoms with van der Waals surface area (Å²) in [5.41, 5.74) is 1.03. The van der Waals surface area contributed by atoms with Gasteiger partial charge in [-0.25, -0.2) is 0 Å². The van der Waals surface area contributed by atoms with Crippen molar-refractivity contribution in [3.05, 3.63) is 64.3 Å². The maximum absolute atomic E-state index is 12.4. The Balaban J connectivity index is 1.94. The van der Waals surface area contributed by atoms with E-state index in [1.165, 1.54) is 6.26 Å². The number of hydrogen-bond donors (Lipinski definition) is 1. The summed E-state index contributed by atoms with van der Waals surface area (Å²) in [5.74, 6) is 0.725. The number of nitrogens with zero attached hydrogens (tertiary/aromatic N) is 1. The molecule has 0 radical (unpaired) electrons. The van der Waals surface area contributed by atoms with Crippen LogP contribution in [-0.2, 0) is 6.54 Å². The van der Waals surface area contributed by atoms with Crippen LogP contribution in [0.2, 0.25) is 0 Å². The number of amides is 1. The lowest BCUT2D eigenvalue weighted by Crippen LogP contribution is -2.32. The third-order valence-electron chi connectivity index (χ3n) is 3.89. The van der Waals surface area contributed by atoms with E-state index in [1.807, 2.05) is 13.0 Å². The van der Waals surface area contributed by atoms with E-state index < -0.39 is 0 Å². The molecule has 0 aliphatic heterocycles. The molecule has 6 nitrogen and oxygen atoms in total. The zero-order valence-electron chi connectivity index (χ0n) is 13.5. The van der Waals surface area contributed by atoms with Gasteiger partial charge in [-0.2, -0.15) is 0 Å². The van der Waals surface area contributed by atoms with Crippen molar-refractivity contribution >= 4 is 16.8 Å². The third kappa shape index (κ3) is 3.03. The number of ether oxygens (including phenoxy) is 1. The number of carbonyl (C=O) groups is 1. The third-order valence-corrected chi connectivity index (χ3v) is 3.89. The second kappa shape index (κ2) is 6.62. The van der Waals surface area contributed by atoms with E-state index in [4.69, 9.17) is 9.15 Å². The van der Waals surface area contributed by atoms with Crippen LogP contribution >= 0.6 is 0 Å². The van der Waals surface area contributed by atoms with Crippen LogP contribution < -0.4 is 10.3 Å². The number of aromatic amines is 1. The Hall–Kier alpha value is -3.02. The van der Waals surface area contributed by atoms with Gasteiger partial charge in [-0.3, -0.25) is 9.59 Å². The molecule has 3 aromatic rings. The molecule has 0 spiro atoms. The average molecular weight is 326 g/mol. The van der Waals surface area contributed by atoms with Crippen molar-refractivity contribution in [2.45, 2.75) is 13.5 Å². The Labute approximate surface area is 138 Å². The number of aromatic nitrogens is 1. The van der Waals surface area contributed by atoms with Crippen molar-refractivity contribution in [3.8, 4) is 5.75 Å². The number of furan rings is 1. The zero-order valence-corrected chi connectivity index (χ0v) is 13.5. The number of methoxy groups -OCH3 is 1. The van der Waals surface area contributed by atoms with Crippen molar-refractivity contribution in [2.24, 2.45) is 0 Å². The number of hydrogen-bond acceptors (Lipinski definition) is 4. The first-order valence-electron chi connectivity index (χ1n) is 7.65. The smallest absolute Gasteiger partial charge is 0.289 e. The molecule has 3 rings (SSSR count). The lowest BCUT2D eigenvalue weighted by molar-refractivity contribution is 0.0720. The molecule has 0 fully saturated rings. The molecule has 0 unspecified atom stereocenters. The van der Waals surface area contributed by atoms with Gasteiger partial charge in [0.25, 0.3) is 11.5 Å². The van der Waals surface area contributed by atoms with Crippen molar-refractivity contribution in [1.82, 2.24) is 9.88 Å². The van der Waals surface area contributed by atoms with Crippen LogP contribution in [0.4, 0.5) is 0 Å². The normalized spacial score (nSPS) is 10.8. The fourth-order valence-electron chi connectivity index (χ4n) is 2.56. The quantitative estimate of drug-likeness (QED) is 0.782. The summed E-state index contributed by atoms with van der Waals surface area (Å²) in [4.78, 5) is 29.1. The predicted octanol–water partition coefficient (Wildman–Crippen LogP) is 2.79. The molecule has 1 N–H and O–H groups in total. The van der Waals surface area contributed by atoms with E-state index in [0.717, 1.165) is 10.9 Å². The summed E-state index contributed by atoms with van der Waals surface area (Å²) in [7, 11) is 1.59. The zero-order chi connectivity index (χ0) is 17.1. The molecule has 0 saturated heterocycles. The Morgan fingerprint density at radius 2 is 2.12 bits per heavy atom. The van der Waals surface area contributed by atoms with Crippen LogP contribution in [0, 0.1) is 0 Å². The number of H-pyrrole nitrogens is 1. The maximum atomic E-state index is 12.4. The van der Waals surface area contributed by atoms with E-state index in [2.05, 4.69) is 4.98 Å². The topological polar surface area (TPSA) is 75.5 Å². The summed E-state index contributed by atoms with van der Waals surface area (Å²) in [6.07, 6.45) is 1.45. The van der Waals surface area contributed by atoms with Crippen LogP contribution in [0.3, 0.4) is 0 Å². The van der Waals surface area contributed by atoms with Crippen LogP contribution in [0.1, 0.15) is 23.0 Å². The SMILES string of the molecule is CCN(Cc1cc2cc(OC)ccc2[nH]c1=O)C(=O)c1ccco1. The number of fused-ring (bicyclic) bond motifs is 1. The molecule has 6 heteroatoms. The van der Waals surface area contributed by atoms with E-state index in [9.17, 15) is 9.59 Å². The predicted molar refractivity (Wildman–Crippen MR) is 90.2 cm³/mol. The highest BCUT2D eigenvalue weighted by Crippen LogP contribution is 2.19. The molecule has 124 valence electrons. The fraction of sp³-hybridized carbons (Fsp3) is 0.222. The first-order chi connectivity index (χ1) is 11.6. The van der Waals surface area contributed by atoms with Gasteiger partial charge >= 0.3 is 0 Å². The van der Waals surface area contributed by atoms with Gasteiger partial charge in [-0.15, -0.1) is 0 Å². The summed E-state index contributed by atoms with van der Waals surface area (Å²) >= 11 is 0. The van der Waals surface area contributed by atoms with Crippen molar-refractivity contribution in [3.63, 3.8) is 0 Å². The minimum atomic E-state index is -0.243. The molecular weight excluding hydrogens is 308 g/mol. The van der Waals surface area contributed by atoms with Gasteiger partial charge in [0, 0.05) is 23.0 Å². The number of benzene rings is 1. The highest BCUT2D eigenvalue weighted by Gasteiger charge is 2.18. The van der Waals surface area contributed by atoms with Gasteiger partial charge < -0.3 is 19.0 Å². The summed E-state index contributed by atoms with van der Waals surface area (Å²) in [5, 5.41) is 0.852. The van der Waals surface area contributed by atoms with Crippen LogP contribution in [0.15, 0.2) is 51.9 Å². The minimum absolute atomic E-state index is 0.207.